The number of para-hydroxylation sites is 1. The van der Waals surface area contributed by atoms with Gasteiger partial charge in [0.25, 0.3) is 5.56 Å². The molecule has 0 unspecified atom stereocenters. The number of fused-ring (bicyclic) bond motifs is 1. The van der Waals surface area contributed by atoms with E-state index in [-0.39, 0.29) is 5.56 Å². The van der Waals surface area contributed by atoms with E-state index in [1.807, 2.05) is 72.8 Å². The summed E-state index contributed by atoms with van der Waals surface area (Å²) in [6.45, 7) is 0.372. The van der Waals surface area contributed by atoms with E-state index in [0.29, 0.717) is 17.9 Å². The van der Waals surface area contributed by atoms with Crippen molar-refractivity contribution in [2.75, 3.05) is 0 Å². The van der Waals surface area contributed by atoms with E-state index >= 15 is 0 Å². The summed E-state index contributed by atoms with van der Waals surface area (Å²) in [5.74, 6) is 0.714. The fourth-order valence-electron chi connectivity index (χ4n) is 3.43. The summed E-state index contributed by atoms with van der Waals surface area (Å²) in [7, 11) is 0. The maximum absolute atomic E-state index is 12.4. The molecule has 0 amide bonds. The van der Waals surface area contributed by atoms with Gasteiger partial charge >= 0.3 is 0 Å². The van der Waals surface area contributed by atoms with E-state index in [0.717, 1.165) is 33.4 Å². The van der Waals surface area contributed by atoms with E-state index < -0.39 is 0 Å². The molecular formula is C24H18N4O2. The van der Waals surface area contributed by atoms with E-state index in [4.69, 9.17) is 4.74 Å². The highest BCUT2D eigenvalue weighted by Gasteiger charge is 2.14. The average Bonchev–Trinajstić information content (AvgIpc) is 3.20. The molecule has 0 spiro atoms. The Labute approximate surface area is 172 Å². The SMILES string of the molecule is O=c1[nH][nH]c(-c2ccncc2)c1-c1ccc(OCc2ccc3ccccc3n2)cc1. The van der Waals surface area contributed by atoms with Gasteiger partial charge in [-0.3, -0.25) is 20.0 Å². The third-order valence-corrected chi connectivity index (χ3v) is 4.93. The van der Waals surface area contributed by atoms with Crippen molar-refractivity contribution < 1.29 is 4.74 Å². The van der Waals surface area contributed by atoms with Crippen LogP contribution in [0.4, 0.5) is 0 Å². The molecule has 2 aromatic carbocycles. The number of aromatic nitrogens is 4. The Hall–Kier alpha value is -4.19. The zero-order valence-electron chi connectivity index (χ0n) is 16.0. The van der Waals surface area contributed by atoms with Gasteiger partial charge in [-0.2, -0.15) is 0 Å². The van der Waals surface area contributed by atoms with E-state index in [1.165, 1.54) is 0 Å². The van der Waals surface area contributed by atoms with Crippen LogP contribution in [0.2, 0.25) is 0 Å². The van der Waals surface area contributed by atoms with E-state index in [1.54, 1.807) is 12.4 Å². The van der Waals surface area contributed by atoms with Crippen LogP contribution in [-0.2, 0) is 6.61 Å². The number of benzene rings is 2. The molecule has 0 atom stereocenters. The van der Waals surface area contributed by atoms with Crippen LogP contribution in [-0.4, -0.2) is 20.2 Å². The predicted octanol–water partition coefficient (Wildman–Crippen LogP) is 4.56. The van der Waals surface area contributed by atoms with Gasteiger partial charge in [-0.15, -0.1) is 0 Å². The normalized spacial score (nSPS) is 10.9. The van der Waals surface area contributed by atoms with Crippen molar-refractivity contribution in [3.63, 3.8) is 0 Å². The number of ether oxygens (including phenoxy) is 1. The van der Waals surface area contributed by atoms with Gasteiger partial charge in [-0.1, -0.05) is 36.4 Å². The van der Waals surface area contributed by atoms with Crippen molar-refractivity contribution in [3.05, 3.63) is 101 Å². The zero-order chi connectivity index (χ0) is 20.3. The Morgan fingerprint density at radius 3 is 2.43 bits per heavy atom. The second kappa shape index (κ2) is 7.67. The summed E-state index contributed by atoms with van der Waals surface area (Å²) in [5, 5.41) is 6.73. The summed E-state index contributed by atoms with van der Waals surface area (Å²) in [4.78, 5) is 21.0. The molecule has 6 heteroatoms. The fourth-order valence-corrected chi connectivity index (χ4v) is 3.43. The maximum atomic E-state index is 12.4. The topological polar surface area (TPSA) is 83.7 Å². The van der Waals surface area contributed by atoms with Crippen LogP contribution in [0.1, 0.15) is 5.69 Å². The van der Waals surface area contributed by atoms with Crippen molar-refractivity contribution in [2.45, 2.75) is 6.61 Å². The monoisotopic (exact) mass is 394 g/mol. The molecule has 3 heterocycles. The first-order valence-electron chi connectivity index (χ1n) is 9.57. The van der Waals surface area contributed by atoms with Gasteiger partial charge in [0, 0.05) is 23.3 Å². The summed E-state index contributed by atoms with van der Waals surface area (Å²) < 4.78 is 5.89. The molecule has 0 aliphatic rings. The molecule has 0 saturated carbocycles. The van der Waals surface area contributed by atoms with Crippen LogP contribution < -0.4 is 10.3 Å². The number of hydrogen-bond acceptors (Lipinski definition) is 4. The highest BCUT2D eigenvalue weighted by molar-refractivity contribution is 5.80. The molecule has 0 saturated heterocycles. The lowest BCUT2D eigenvalue weighted by molar-refractivity contribution is 0.302. The van der Waals surface area contributed by atoms with Crippen molar-refractivity contribution in [2.24, 2.45) is 0 Å². The van der Waals surface area contributed by atoms with Crippen molar-refractivity contribution in [1.82, 2.24) is 20.2 Å². The minimum absolute atomic E-state index is 0.171. The van der Waals surface area contributed by atoms with Crippen molar-refractivity contribution >= 4 is 10.9 Å². The average molecular weight is 394 g/mol. The van der Waals surface area contributed by atoms with Gasteiger partial charge in [0.15, 0.2) is 0 Å². The number of nitrogens with one attached hydrogen (secondary N) is 2. The molecular weight excluding hydrogens is 376 g/mol. The largest absolute Gasteiger partial charge is 0.487 e. The molecule has 6 nitrogen and oxygen atoms in total. The van der Waals surface area contributed by atoms with Gasteiger partial charge in [-0.25, -0.2) is 4.98 Å². The number of aromatic amines is 2. The summed E-state index contributed by atoms with van der Waals surface area (Å²) in [6.07, 6.45) is 3.39. The first kappa shape index (κ1) is 17.9. The lowest BCUT2D eigenvalue weighted by Crippen LogP contribution is -2.02. The fraction of sp³-hybridized carbons (Fsp3) is 0.0417. The second-order valence-corrected chi connectivity index (χ2v) is 6.87. The van der Waals surface area contributed by atoms with Gasteiger partial charge in [-0.05, 0) is 42.0 Å². The minimum Gasteiger partial charge on any atom is -0.487 e. The molecule has 0 radical (unpaired) electrons. The molecule has 30 heavy (non-hydrogen) atoms. The van der Waals surface area contributed by atoms with Gasteiger partial charge in [0.05, 0.1) is 22.5 Å². The molecule has 2 N–H and O–H groups in total. The van der Waals surface area contributed by atoms with Crippen LogP contribution in [0, 0.1) is 0 Å². The van der Waals surface area contributed by atoms with Crippen molar-refractivity contribution in [3.8, 4) is 28.1 Å². The summed E-state index contributed by atoms with van der Waals surface area (Å²) in [5.41, 5.74) is 4.65. The third kappa shape index (κ3) is 3.46. The molecule has 5 rings (SSSR count). The second-order valence-electron chi connectivity index (χ2n) is 6.87. The highest BCUT2D eigenvalue weighted by Crippen LogP contribution is 2.28. The van der Waals surface area contributed by atoms with Gasteiger partial charge < -0.3 is 4.74 Å². The third-order valence-electron chi connectivity index (χ3n) is 4.93. The van der Waals surface area contributed by atoms with Crippen LogP contribution >= 0.6 is 0 Å². The molecule has 0 aliphatic heterocycles. The molecule has 5 aromatic rings. The Balaban J connectivity index is 1.36. The van der Waals surface area contributed by atoms with Crippen molar-refractivity contribution in [1.29, 1.82) is 0 Å². The van der Waals surface area contributed by atoms with Crippen LogP contribution in [0.3, 0.4) is 0 Å². The van der Waals surface area contributed by atoms with E-state index in [2.05, 4.69) is 20.2 Å². The molecule has 0 aliphatic carbocycles. The van der Waals surface area contributed by atoms with Gasteiger partial charge in [0.2, 0.25) is 0 Å². The van der Waals surface area contributed by atoms with Crippen LogP contribution in [0.25, 0.3) is 33.3 Å². The Morgan fingerprint density at radius 1 is 0.800 bits per heavy atom. The minimum atomic E-state index is -0.171. The first-order chi connectivity index (χ1) is 14.8. The molecule has 146 valence electrons. The molecule has 3 aromatic heterocycles. The Morgan fingerprint density at radius 2 is 1.60 bits per heavy atom. The lowest BCUT2D eigenvalue weighted by Gasteiger charge is -2.08. The molecule has 0 bridgehead atoms. The number of H-pyrrole nitrogens is 2. The number of nitrogens with zero attached hydrogens (tertiary/aromatic N) is 2. The Bertz CT molecular complexity index is 1360. The highest BCUT2D eigenvalue weighted by atomic mass is 16.5. The lowest BCUT2D eigenvalue weighted by atomic mass is 10.0. The standard InChI is InChI=1S/C24H18N4O2/c29-24-22(23(27-28-24)18-11-13-25-14-12-18)17-6-9-20(10-7-17)30-15-19-8-5-16-3-1-2-4-21(16)26-19/h1-14H,15H2,(H2,27,28,29). The quantitative estimate of drug-likeness (QED) is 0.458. The maximum Gasteiger partial charge on any atom is 0.272 e. The number of pyridine rings is 2. The summed E-state index contributed by atoms with van der Waals surface area (Å²) in [6, 6.07) is 23.2. The number of hydrogen-bond donors (Lipinski definition) is 2. The number of rotatable bonds is 5. The summed E-state index contributed by atoms with van der Waals surface area (Å²) >= 11 is 0. The van der Waals surface area contributed by atoms with Crippen LogP contribution in [0.5, 0.6) is 5.75 Å². The van der Waals surface area contributed by atoms with Gasteiger partial charge in [0.1, 0.15) is 12.4 Å². The van der Waals surface area contributed by atoms with Crippen LogP contribution in [0.15, 0.2) is 90.0 Å². The first-order valence-corrected chi connectivity index (χ1v) is 9.57. The van der Waals surface area contributed by atoms with E-state index in [9.17, 15) is 4.79 Å². The smallest absolute Gasteiger partial charge is 0.272 e. The zero-order valence-corrected chi connectivity index (χ0v) is 16.0. The molecule has 0 fully saturated rings. The predicted molar refractivity (Wildman–Crippen MR) is 116 cm³/mol. The Kier molecular flexibility index (Phi) is 4.57.